The van der Waals surface area contributed by atoms with Crippen LogP contribution in [0.5, 0.6) is 0 Å². The molecule has 1 amide bonds. The van der Waals surface area contributed by atoms with Crippen molar-refractivity contribution in [2.75, 3.05) is 24.6 Å². The summed E-state index contributed by atoms with van der Waals surface area (Å²) in [7, 11) is 0. The quantitative estimate of drug-likeness (QED) is 0.0185. The summed E-state index contributed by atoms with van der Waals surface area (Å²) in [6.07, 6.45) is 0. The fourth-order valence-corrected chi connectivity index (χ4v) is 9.54. The van der Waals surface area contributed by atoms with Crippen molar-refractivity contribution >= 4 is 154 Å². The molecule has 0 bridgehead atoms. The largest absolute Gasteiger partial charge is 0.416 e. The number of anilines is 2. The third-order valence-electron chi connectivity index (χ3n) is 13.3. The average molecular weight is 1660 g/mol. The van der Waals surface area contributed by atoms with Gasteiger partial charge in [-0.1, -0.05) is 158 Å². The van der Waals surface area contributed by atoms with Crippen LogP contribution in [0.2, 0.25) is 25.1 Å². The Labute approximate surface area is 662 Å². The number of ketones is 2. The summed E-state index contributed by atoms with van der Waals surface area (Å²) in [5.41, 5.74) is 23.7. The number of nitrogens with two attached hydrogens (primary N) is 3. The molecule has 34 heteroatoms. The number of nitro benzene ring substituents is 2. The lowest BCUT2D eigenvalue weighted by Crippen LogP contribution is -2.29. The molecule has 7 N–H and O–H groups in total. The van der Waals surface area contributed by atoms with Crippen molar-refractivity contribution in [2.45, 2.75) is 14.9 Å². The minimum absolute atomic E-state index is 0. The second-order valence-corrected chi connectivity index (χ2v) is 30.1. The standard InChI is InChI=1S/C15H11ClN2O4.C14H8Cl2N2O.C14H10ClN3O.C14H11N3O.C8H8ClNO.C7H4ClNO3.2CH4.Cl3OP/c16-12-5-1-3-10(7-12)14(19)9-17-15(20)11-4-2-6-13(8-11)18(21)22;2*15-11-5-1-3-9(7-11)13-17-18-14(19-13)10-4-2-6-12(16)8-10;15-12-8-4-7-11(9-12)14-17-16-13(18-14)10-5-2-1-3-6-10;9-7-3-1-2-6(4-7)8(11)5-10;8-7(10)5-2-1-3-6(4-5)9(11)12;;;1-5(2,3)4/h1-8H,9H2,(H,17,20);1-8H;1-8H,16H2;1-9H,15H2;1-4H,5,10H2;1-4H;2*1H4;. The fraction of sp³-hybridized carbons (Fsp3) is 0.0541. The van der Waals surface area contributed by atoms with Crippen LogP contribution in [-0.4, -0.2) is 76.2 Å². The maximum atomic E-state index is 11.9. The molecule has 0 unspecified atom stereocenters. The van der Waals surface area contributed by atoms with E-state index in [0.29, 0.717) is 83.0 Å². The lowest BCUT2D eigenvalue weighted by molar-refractivity contribution is -0.385. The SMILES string of the molecule is C.C.Clc1cccc(-c2nnc(-c3cccc(Cl)c3)o2)c1.NCC(=O)c1cccc(Cl)c1.Nc1cccc(-c2nnc(-c3cccc(Cl)c3)o2)c1.Nc1cccc(-c2nnc(-c3ccccc3)o2)c1.O=C(CNC(=O)c1cccc([N+](=O)[O-])c1)c1cccc(Cl)c1.O=C(Cl)c1cccc([N+](=O)[O-])c1.O=P(Cl)(Cl)Cl. The number of hydrogen-bond acceptors (Lipinski definition) is 21. The smallest absolute Gasteiger partial charge is 0.339 e. The number of nitrogens with one attached hydrogen (secondary N) is 1. The highest BCUT2D eigenvalue weighted by Gasteiger charge is 2.17. The highest BCUT2D eigenvalue weighted by Crippen LogP contribution is 2.61. The van der Waals surface area contributed by atoms with Crippen molar-refractivity contribution < 1.29 is 46.8 Å². The van der Waals surface area contributed by atoms with Crippen LogP contribution >= 0.6 is 109 Å². The van der Waals surface area contributed by atoms with Gasteiger partial charge in [-0.05, 0) is 185 Å². The number of aromatic nitrogens is 6. The topological polar surface area (TPSA) is 378 Å². The van der Waals surface area contributed by atoms with Crippen LogP contribution in [0, 0.1) is 20.2 Å². The summed E-state index contributed by atoms with van der Waals surface area (Å²) in [5.74, 6) is 1.75. The molecule has 0 atom stereocenters. The van der Waals surface area contributed by atoms with Crippen LogP contribution in [0.15, 0.2) is 262 Å². The Kier molecular flexibility index (Phi) is 35.7. The second kappa shape index (κ2) is 43.8. The summed E-state index contributed by atoms with van der Waals surface area (Å²) < 4.78 is 26.4. The maximum absolute atomic E-state index is 11.9. The van der Waals surface area contributed by atoms with Gasteiger partial charge in [0.25, 0.3) is 22.5 Å². The van der Waals surface area contributed by atoms with Gasteiger partial charge in [0.2, 0.25) is 35.3 Å². The van der Waals surface area contributed by atoms with Gasteiger partial charge >= 0.3 is 5.20 Å². The molecular weight excluding hydrogens is 1600 g/mol. The minimum atomic E-state index is -3.22. The Morgan fingerprint density at radius 1 is 0.389 bits per heavy atom. The van der Waals surface area contributed by atoms with Crippen molar-refractivity contribution in [2.24, 2.45) is 5.73 Å². The highest BCUT2D eigenvalue weighted by molar-refractivity contribution is 8.24. The van der Waals surface area contributed by atoms with Crippen LogP contribution in [0.4, 0.5) is 22.7 Å². The van der Waals surface area contributed by atoms with E-state index in [4.69, 9.17) is 100 Å². The predicted molar refractivity (Wildman–Crippen MR) is 427 cm³/mol. The zero-order valence-corrected chi connectivity index (χ0v) is 61.8. The van der Waals surface area contributed by atoms with Gasteiger partial charge in [-0.3, -0.25) is 44.0 Å². The number of halogens is 9. The number of nitrogens with zero attached hydrogens (tertiary/aromatic N) is 8. The van der Waals surface area contributed by atoms with E-state index in [-0.39, 0.29) is 62.0 Å². The Morgan fingerprint density at radius 3 is 1.01 bits per heavy atom. The fourth-order valence-electron chi connectivity index (χ4n) is 8.47. The van der Waals surface area contributed by atoms with Gasteiger partial charge in [0.15, 0.2) is 11.6 Å². The Balaban J connectivity index is 0.000000231. The molecule has 0 aliphatic rings. The van der Waals surface area contributed by atoms with Crippen LogP contribution in [0.3, 0.4) is 0 Å². The first-order chi connectivity index (χ1) is 50.6. The van der Waals surface area contributed by atoms with E-state index in [0.717, 1.165) is 45.5 Å². The number of benzene rings is 10. The minimum Gasteiger partial charge on any atom is -0.416 e. The zero-order valence-electron chi connectivity index (χ0n) is 54.1. The summed E-state index contributed by atoms with van der Waals surface area (Å²) in [6.45, 7) is -0.192. The molecular formula is C74H60Cl9N12O12P. The molecule has 10 aromatic carbocycles. The van der Waals surface area contributed by atoms with Gasteiger partial charge in [0.05, 0.1) is 22.9 Å². The lowest BCUT2D eigenvalue weighted by Gasteiger charge is -2.05. The Hall–Kier alpha value is -10.7. The second-order valence-electron chi connectivity index (χ2n) is 20.9. The van der Waals surface area contributed by atoms with Gasteiger partial charge < -0.3 is 35.8 Å². The van der Waals surface area contributed by atoms with Crippen LogP contribution in [0.25, 0.3) is 68.7 Å². The van der Waals surface area contributed by atoms with Gasteiger partial charge in [-0.25, -0.2) is 0 Å². The predicted octanol–water partition coefficient (Wildman–Crippen LogP) is 21.7. The number of Topliss-reactive ketones (excluding diaryl/α,β-unsaturated/α-hetero) is 2. The molecule has 0 aliphatic heterocycles. The molecule has 24 nitrogen and oxygen atoms in total. The molecule has 0 fully saturated rings. The molecule has 108 heavy (non-hydrogen) atoms. The zero-order chi connectivity index (χ0) is 76.9. The van der Waals surface area contributed by atoms with Gasteiger partial charge in [-0.15, -0.1) is 30.6 Å². The summed E-state index contributed by atoms with van der Waals surface area (Å²) in [6, 6.07) is 69.8. The highest BCUT2D eigenvalue weighted by atomic mass is 36.0. The number of carbonyl (C=O) groups is 4. The lowest BCUT2D eigenvalue weighted by atomic mass is 10.1. The van der Waals surface area contributed by atoms with E-state index in [9.17, 15) is 44.0 Å². The Bertz CT molecular complexity index is 4960. The van der Waals surface area contributed by atoms with Crippen molar-refractivity contribution in [3.8, 4) is 68.7 Å². The summed E-state index contributed by atoms with van der Waals surface area (Å²) in [4.78, 5) is 65.1. The molecule has 0 saturated carbocycles. The van der Waals surface area contributed by atoms with Crippen molar-refractivity contribution in [3.05, 3.63) is 316 Å². The van der Waals surface area contributed by atoms with E-state index >= 15 is 0 Å². The summed E-state index contributed by atoms with van der Waals surface area (Å²) >= 11 is 48.2. The molecule has 13 rings (SSSR count). The van der Waals surface area contributed by atoms with Gasteiger partial charge in [0, 0.05) is 116 Å². The normalized spacial score (nSPS) is 10.1. The van der Waals surface area contributed by atoms with E-state index in [1.54, 1.807) is 91.0 Å². The molecule has 0 aliphatic carbocycles. The van der Waals surface area contributed by atoms with Crippen molar-refractivity contribution in [1.82, 2.24) is 35.9 Å². The van der Waals surface area contributed by atoms with E-state index in [1.807, 2.05) is 103 Å². The number of nitro groups is 2. The Morgan fingerprint density at radius 2 is 0.676 bits per heavy atom. The van der Waals surface area contributed by atoms with Crippen molar-refractivity contribution in [1.29, 1.82) is 0 Å². The molecule has 0 spiro atoms. The monoisotopic (exact) mass is 1650 g/mol. The van der Waals surface area contributed by atoms with Crippen LogP contribution in [-0.2, 0) is 4.57 Å². The molecule has 556 valence electrons. The number of non-ortho nitro benzene ring substituents is 2. The van der Waals surface area contributed by atoms with Gasteiger partial charge in [0.1, 0.15) is 0 Å². The first kappa shape index (κ1) is 87.9. The van der Waals surface area contributed by atoms with E-state index in [1.165, 1.54) is 42.5 Å². The number of nitrogen functional groups attached to an aromatic ring is 2. The first-order valence-electron chi connectivity index (χ1n) is 30.1. The van der Waals surface area contributed by atoms with Gasteiger partial charge in [-0.2, -0.15) is 0 Å². The van der Waals surface area contributed by atoms with Crippen LogP contribution in [0.1, 0.15) is 56.3 Å². The van der Waals surface area contributed by atoms with Crippen LogP contribution < -0.4 is 22.5 Å². The molecule has 0 saturated heterocycles. The number of rotatable bonds is 15. The molecule has 0 radical (unpaired) electrons. The number of carbonyl (C=O) groups excluding carboxylic acids is 4. The van der Waals surface area contributed by atoms with Crippen molar-refractivity contribution in [3.63, 3.8) is 0 Å². The molecule has 13 aromatic rings. The summed E-state index contributed by atoms with van der Waals surface area (Å²) in [5, 5.41) is 46.4. The maximum Gasteiger partial charge on any atom is 0.339 e. The third-order valence-corrected chi connectivity index (χ3v) is 14.7. The molecule has 3 heterocycles. The number of hydrogen-bond donors (Lipinski definition) is 4. The average Bonchev–Trinajstić information content (AvgIpc) is 1.67. The third kappa shape index (κ3) is 29.6. The first-order valence-corrected chi connectivity index (χ1v) is 36.8. The molecule has 3 aromatic heterocycles. The van der Waals surface area contributed by atoms with E-state index in [2.05, 4.69) is 69.6 Å². The number of amides is 1. The van der Waals surface area contributed by atoms with E-state index < -0.39 is 26.2 Å².